The van der Waals surface area contributed by atoms with Gasteiger partial charge in [-0.2, -0.15) is 18.4 Å². The average molecular weight is 308 g/mol. The molecule has 0 amide bonds. The first kappa shape index (κ1) is 14.7. The Labute approximate surface area is 123 Å². The number of hydrazone groups is 1. The van der Waals surface area contributed by atoms with Crippen LogP contribution in [-0.2, 0) is 16.4 Å². The van der Waals surface area contributed by atoms with E-state index in [2.05, 4.69) is 16.9 Å². The zero-order valence-electron chi connectivity index (χ0n) is 11.3. The average Bonchev–Trinajstić information content (AvgIpc) is 2.95. The van der Waals surface area contributed by atoms with Gasteiger partial charge in [0.2, 0.25) is 0 Å². The molecular formula is C14H16N2O2S2. The van der Waals surface area contributed by atoms with Crippen LogP contribution in [0.25, 0.3) is 0 Å². The smallest absolute Gasteiger partial charge is 0.200 e. The predicted molar refractivity (Wildman–Crippen MR) is 82.7 cm³/mol. The van der Waals surface area contributed by atoms with Crippen LogP contribution in [-0.4, -0.2) is 14.1 Å². The zero-order chi connectivity index (χ0) is 14.6. The fourth-order valence-electron chi connectivity index (χ4n) is 1.60. The quantitative estimate of drug-likeness (QED) is 0.682. The van der Waals surface area contributed by atoms with Crippen LogP contribution in [0, 0.1) is 0 Å². The van der Waals surface area contributed by atoms with Crippen molar-refractivity contribution in [3.63, 3.8) is 0 Å². The van der Waals surface area contributed by atoms with Crippen molar-refractivity contribution in [3.05, 3.63) is 52.2 Å². The van der Waals surface area contributed by atoms with Crippen molar-refractivity contribution in [2.45, 2.75) is 25.2 Å². The molecule has 0 unspecified atom stereocenters. The van der Waals surface area contributed by atoms with E-state index in [1.807, 2.05) is 12.1 Å². The van der Waals surface area contributed by atoms with Crippen molar-refractivity contribution in [3.8, 4) is 0 Å². The van der Waals surface area contributed by atoms with Crippen molar-refractivity contribution in [2.24, 2.45) is 5.10 Å². The minimum atomic E-state index is -3.59. The number of hydrogen-bond donors (Lipinski definition) is 1. The highest BCUT2D eigenvalue weighted by Crippen LogP contribution is 2.17. The molecule has 0 atom stereocenters. The summed E-state index contributed by atoms with van der Waals surface area (Å²) in [6.07, 6.45) is 0.966. The number of nitrogens with one attached hydrogen (secondary N) is 1. The fourth-order valence-corrected chi connectivity index (χ4v) is 3.37. The Morgan fingerprint density at radius 3 is 2.50 bits per heavy atom. The second-order valence-corrected chi connectivity index (χ2v) is 7.05. The molecule has 0 aliphatic carbocycles. The highest BCUT2D eigenvalue weighted by molar-refractivity contribution is 7.89. The molecule has 0 saturated heterocycles. The van der Waals surface area contributed by atoms with Crippen molar-refractivity contribution < 1.29 is 8.42 Å². The van der Waals surface area contributed by atoms with Gasteiger partial charge in [-0.25, -0.2) is 0 Å². The second kappa shape index (κ2) is 6.19. The van der Waals surface area contributed by atoms with Crippen LogP contribution < -0.4 is 4.83 Å². The van der Waals surface area contributed by atoms with Gasteiger partial charge in [0, 0.05) is 4.88 Å². The highest BCUT2D eigenvalue weighted by Gasteiger charge is 2.12. The Morgan fingerprint density at radius 2 is 1.90 bits per heavy atom. The minimum Gasteiger partial charge on any atom is -0.200 e. The van der Waals surface area contributed by atoms with Gasteiger partial charge in [0.15, 0.2) is 0 Å². The lowest BCUT2D eigenvalue weighted by Crippen LogP contribution is -2.19. The molecule has 1 N–H and O–H groups in total. The van der Waals surface area contributed by atoms with E-state index in [9.17, 15) is 8.42 Å². The van der Waals surface area contributed by atoms with Crippen LogP contribution in [0.4, 0.5) is 0 Å². The summed E-state index contributed by atoms with van der Waals surface area (Å²) in [4.78, 5) is 4.69. The largest absolute Gasteiger partial charge is 0.276 e. The van der Waals surface area contributed by atoms with Gasteiger partial charge in [-0.15, -0.1) is 11.3 Å². The van der Waals surface area contributed by atoms with Gasteiger partial charge in [-0.05, 0) is 37.6 Å². The first-order valence-electron chi connectivity index (χ1n) is 6.23. The Kier molecular flexibility index (Phi) is 4.57. The number of sulfonamides is 1. The topological polar surface area (TPSA) is 58.5 Å². The van der Waals surface area contributed by atoms with E-state index in [4.69, 9.17) is 0 Å². The molecule has 0 saturated carbocycles. The maximum absolute atomic E-state index is 12.0. The number of thiophene rings is 1. The molecule has 20 heavy (non-hydrogen) atoms. The zero-order valence-corrected chi connectivity index (χ0v) is 13.0. The van der Waals surface area contributed by atoms with Gasteiger partial charge in [0.05, 0.1) is 15.5 Å². The van der Waals surface area contributed by atoms with E-state index in [-0.39, 0.29) is 4.90 Å². The predicted octanol–water partition coefficient (Wildman–Crippen LogP) is 3.01. The molecule has 6 heteroatoms. The Morgan fingerprint density at radius 1 is 1.20 bits per heavy atom. The van der Waals surface area contributed by atoms with Gasteiger partial charge in [-0.1, -0.05) is 25.1 Å². The molecule has 0 aliphatic rings. The first-order valence-corrected chi connectivity index (χ1v) is 8.53. The molecule has 1 heterocycles. The molecule has 2 rings (SSSR count). The molecule has 1 aromatic carbocycles. The summed E-state index contributed by atoms with van der Waals surface area (Å²) in [6.45, 7) is 3.87. The van der Waals surface area contributed by atoms with Crippen LogP contribution in [0.2, 0.25) is 0 Å². The van der Waals surface area contributed by atoms with Gasteiger partial charge >= 0.3 is 0 Å². The Hall–Kier alpha value is -1.66. The molecule has 0 radical (unpaired) electrons. The maximum Gasteiger partial charge on any atom is 0.276 e. The second-order valence-electron chi connectivity index (χ2n) is 4.22. The molecule has 0 aliphatic heterocycles. The minimum absolute atomic E-state index is 0.206. The summed E-state index contributed by atoms with van der Waals surface area (Å²) in [5, 5.41) is 3.98. The maximum atomic E-state index is 12.0. The van der Waals surface area contributed by atoms with Gasteiger partial charge in [0.1, 0.15) is 0 Å². The molecule has 106 valence electrons. The Balaban J connectivity index is 2.16. The number of benzene rings is 1. The third kappa shape index (κ3) is 3.46. The monoisotopic (exact) mass is 308 g/mol. The van der Waals surface area contributed by atoms with Crippen LogP contribution in [0.5, 0.6) is 0 Å². The standard InChI is InChI=1S/C14H16N2O2S2/c1-3-12-9-10-14(19-12)11(2)15-16-20(17,18)13-7-5-4-6-8-13/h4-10,16H,3H2,1-2H3/b15-11+. The van der Waals surface area contributed by atoms with Crippen LogP contribution >= 0.6 is 11.3 Å². The lowest BCUT2D eigenvalue weighted by atomic mass is 10.3. The van der Waals surface area contributed by atoms with E-state index in [0.29, 0.717) is 5.71 Å². The molecule has 2 aromatic rings. The van der Waals surface area contributed by atoms with Gasteiger partial charge < -0.3 is 0 Å². The molecular weight excluding hydrogens is 292 g/mol. The Bertz CT molecular complexity index is 704. The van der Waals surface area contributed by atoms with Crippen molar-refractivity contribution in [1.82, 2.24) is 4.83 Å². The normalized spacial score (nSPS) is 12.4. The number of hydrogen-bond acceptors (Lipinski definition) is 4. The number of rotatable bonds is 5. The SMILES string of the molecule is CCc1ccc(/C(C)=N/NS(=O)(=O)c2ccccc2)s1. The number of aryl methyl sites for hydroxylation is 1. The number of nitrogens with zero attached hydrogens (tertiary/aromatic N) is 1. The third-order valence-electron chi connectivity index (χ3n) is 2.75. The third-order valence-corrected chi connectivity index (χ3v) is 5.32. The molecule has 0 bridgehead atoms. The summed E-state index contributed by atoms with van der Waals surface area (Å²) in [7, 11) is -3.59. The lowest BCUT2D eigenvalue weighted by molar-refractivity contribution is 0.584. The summed E-state index contributed by atoms with van der Waals surface area (Å²) in [5.41, 5.74) is 0.661. The van der Waals surface area contributed by atoms with E-state index in [0.717, 1.165) is 11.3 Å². The van der Waals surface area contributed by atoms with Crippen LogP contribution in [0.15, 0.2) is 52.5 Å². The molecule has 4 nitrogen and oxygen atoms in total. The van der Waals surface area contributed by atoms with Crippen LogP contribution in [0.1, 0.15) is 23.6 Å². The summed E-state index contributed by atoms with van der Waals surface area (Å²) in [6, 6.07) is 12.2. The van der Waals surface area contributed by atoms with Crippen molar-refractivity contribution in [1.29, 1.82) is 0 Å². The molecule has 0 spiro atoms. The van der Waals surface area contributed by atoms with Crippen molar-refractivity contribution in [2.75, 3.05) is 0 Å². The van der Waals surface area contributed by atoms with E-state index in [1.165, 1.54) is 17.0 Å². The molecule has 1 aromatic heterocycles. The summed E-state index contributed by atoms with van der Waals surface area (Å²) in [5.74, 6) is 0. The van der Waals surface area contributed by atoms with E-state index >= 15 is 0 Å². The van der Waals surface area contributed by atoms with Crippen LogP contribution in [0.3, 0.4) is 0 Å². The van der Waals surface area contributed by atoms with Crippen molar-refractivity contribution >= 4 is 27.1 Å². The first-order chi connectivity index (χ1) is 9.53. The van der Waals surface area contributed by atoms with Gasteiger partial charge in [-0.3, -0.25) is 0 Å². The molecule has 0 fully saturated rings. The van der Waals surface area contributed by atoms with Gasteiger partial charge in [0.25, 0.3) is 10.0 Å². The summed E-state index contributed by atoms with van der Waals surface area (Å²) >= 11 is 1.62. The van der Waals surface area contributed by atoms with E-state index < -0.39 is 10.0 Å². The fraction of sp³-hybridized carbons (Fsp3) is 0.214. The summed E-state index contributed by atoms with van der Waals surface area (Å²) < 4.78 is 24.0. The lowest BCUT2D eigenvalue weighted by Gasteiger charge is -2.04. The highest BCUT2D eigenvalue weighted by atomic mass is 32.2. The van der Waals surface area contributed by atoms with E-state index in [1.54, 1.807) is 36.5 Å².